The molecule has 0 amide bonds. The number of benzene rings is 1. The van der Waals surface area contributed by atoms with E-state index in [0.717, 1.165) is 10.2 Å². The molecule has 84 valence electrons. The third kappa shape index (κ3) is 2.47. The van der Waals surface area contributed by atoms with Gasteiger partial charge in [-0.15, -0.1) is 11.3 Å². The van der Waals surface area contributed by atoms with E-state index in [2.05, 4.69) is 70.8 Å². The summed E-state index contributed by atoms with van der Waals surface area (Å²) in [6.07, 6.45) is 0. The zero-order valence-corrected chi connectivity index (χ0v) is 11.7. The highest BCUT2D eigenvalue weighted by Crippen LogP contribution is 2.30. The second kappa shape index (κ2) is 5.02. The number of anilines is 1. The zero-order chi connectivity index (χ0) is 11.5. The maximum Gasteiger partial charge on any atom is 0.0578 e. The molecule has 16 heavy (non-hydrogen) atoms. The molecule has 2 rings (SSSR count). The molecule has 0 saturated carbocycles. The van der Waals surface area contributed by atoms with E-state index in [1.807, 2.05) is 0 Å². The Balaban J connectivity index is 2.18. The monoisotopic (exact) mass is 295 g/mol. The van der Waals surface area contributed by atoms with Gasteiger partial charge in [-0.3, -0.25) is 0 Å². The Morgan fingerprint density at radius 2 is 2.06 bits per heavy atom. The van der Waals surface area contributed by atoms with Crippen LogP contribution in [0.25, 0.3) is 0 Å². The van der Waals surface area contributed by atoms with Gasteiger partial charge in [0.15, 0.2) is 0 Å². The van der Waals surface area contributed by atoms with E-state index in [0.29, 0.717) is 6.04 Å². The van der Waals surface area contributed by atoms with Crippen molar-refractivity contribution in [2.75, 3.05) is 5.32 Å². The standard InChI is InChI=1S/C13H14BrNS/c1-9-5-3-6-11(13(9)14)15-10(2)12-7-4-8-16-12/h3-8,10,15H,1-2H3. The summed E-state index contributed by atoms with van der Waals surface area (Å²) >= 11 is 5.40. The quantitative estimate of drug-likeness (QED) is 0.841. The van der Waals surface area contributed by atoms with E-state index in [9.17, 15) is 0 Å². The Bertz CT molecular complexity index is 465. The molecule has 3 heteroatoms. The van der Waals surface area contributed by atoms with Crippen molar-refractivity contribution in [2.24, 2.45) is 0 Å². The molecule has 1 nitrogen and oxygen atoms in total. The number of rotatable bonds is 3. The van der Waals surface area contributed by atoms with Crippen LogP contribution in [-0.4, -0.2) is 0 Å². The Labute approximate surface area is 109 Å². The Morgan fingerprint density at radius 3 is 2.75 bits per heavy atom. The predicted molar refractivity (Wildman–Crippen MR) is 75.2 cm³/mol. The fourth-order valence-corrected chi connectivity index (χ4v) is 2.71. The van der Waals surface area contributed by atoms with Gasteiger partial charge in [0.25, 0.3) is 0 Å². The minimum atomic E-state index is 0.345. The molecular weight excluding hydrogens is 282 g/mol. The largest absolute Gasteiger partial charge is 0.377 e. The van der Waals surface area contributed by atoms with Crippen molar-refractivity contribution in [3.63, 3.8) is 0 Å². The molecular formula is C13H14BrNS. The average Bonchev–Trinajstić information content (AvgIpc) is 2.78. The van der Waals surface area contributed by atoms with Crippen molar-refractivity contribution in [1.82, 2.24) is 0 Å². The van der Waals surface area contributed by atoms with Crippen molar-refractivity contribution < 1.29 is 0 Å². The normalized spacial score (nSPS) is 12.4. The molecule has 1 aromatic heterocycles. The SMILES string of the molecule is Cc1cccc(NC(C)c2cccs2)c1Br. The zero-order valence-electron chi connectivity index (χ0n) is 9.33. The van der Waals surface area contributed by atoms with Crippen LogP contribution in [0.3, 0.4) is 0 Å². The molecule has 0 spiro atoms. The maximum atomic E-state index is 3.61. The van der Waals surface area contributed by atoms with E-state index in [1.165, 1.54) is 10.4 Å². The van der Waals surface area contributed by atoms with Crippen LogP contribution in [0.4, 0.5) is 5.69 Å². The lowest BCUT2D eigenvalue weighted by atomic mass is 10.2. The molecule has 0 aliphatic heterocycles. The number of halogens is 1. The third-order valence-electron chi connectivity index (χ3n) is 2.53. The van der Waals surface area contributed by atoms with Gasteiger partial charge >= 0.3 is 0 Å². The first-order valence-corrected chi connectivity index (χ1v) is 6.91. The summed E-state index contributed by atoms with van der Waals surface area (Å²) in [4.78, 5) is 1.36. The summed E-state index contributed by atoms with van der Waals surface area (Å²) in [6, 6.07) is 10.9. The number of nitrogens with one attached hydrogen (secondary N) is 1. The minimum Gasteiger partial charge on any atom is -0.377 e. The van der Waals surface area contributed by atoms with Crippen LogP contribution >= 0.6 is 27.3 Å². The summed E-state index contributed by atoms with van der Waals surface area (Å²) in [5.74, 6) is 0. The van der Waals surface area contributed by atoms with Crippen molar-refractivity contribution in [2.45, 2.75) is 19.9 Å². The van der Waals surface area contributed by atoms with Gasteiger partial charge < -0.3 is 5.32 Å². The van der Waals surface area contributed by atoms with Gasteiger partial charge in [0.1, 0.15) is 0 Å². The molecule has 0 radical (unpaired) electrons. The summed E-state index contributed by atoms with van der Waals surface area (Å²) < 4.78 is 1.15. The van der Waals surface area contributed by atoms with Crippen LogP contribution in [0, 0.1) is 6.92 Å². The number of aryl methyl sites for hydroxylation is 1. The fourth-order valence-electron chi connectivity index (χ4n) is 1.60. The van der Waals surface area contributed by atoms with Gasteiger partial charge in [0.05, 0.1) is 6.04 Å². The van der Waals surface area contributed by atoms with Gasteiger partial charge in [0.2, 0.25) is 0 Å². The van der Waals surface area contributed by atoms with Crippen LogP contribution in [0.2, 0.25) is 0 Å². The Hall–Kier alpha value is -0.800. The van der Waals surface area contributed by atoms with E-state index < -0.39 is 0 Å². The third-order valence-corrected chi connectivity index (χ3v) is 4.64. The first-order valence-electron chi connectivity index (χ1n) is 5.23. The van der Waals surface area contributed by atoms with Crippen LogP contribution in [0.5, 0.6) is 0 Å². The van der Waals surface area contributed by atoms with Crippen molar-refractivity contribution in [3.05, 3.63) is 50.6 Å². The molecule has 0 bridgehead atoms. The molecule has 0 aliphatic rings. The molecule has 0 aliphatic carbocycles. The lowest BCUT2D eigenvalue weighted by Gasteiger charge is -2.16. The predicted octanol–water partition coefficient (Wildman–Crippen LogP) is 4.99. The summed E-state index contributed by atoms with van der Waals surface area (Å²) in [6.45, 7) is 4.28. The van der Waals surface area contributed by atoms with Crippen molar-refractivity contribution >= 4 is 33.0 Å². The molecule has 1 unspecified atom stereocenters. The van der Waals surface area contributed by atoms with Gasteiger partial charge in [-0.05, 0) is 52.9 Å². The van der Waals surface area contributed by atoms with Crippen LogP contribution < -0.4 is 5.32 Å². The highest BCUT2D eigenvalue weighted by atomic mass is 79.9. The molecule has 1 atom stereocenters. The van der Waals surface area contributed by atoms with Gasteiger partial charge in [-0.2, -0.15) is 0 Å². The van der Waals surface area contributed by atoms with Crippen LogP contribution in [0.1, 0.15) is 23.4 Å². The molecule has 2 aromatic rings. The minimum absolute atomic E-state index is 0.345. The van der Waals surface area contributed by atoms with Crippen LogP contribution in [-0.2, 0) is 0 Å². The van der Waals surface area contributed by atoms with Gasteiger partial charge in [-0.1, -0.05) is 18.2 Å². The molecule has 0 fully saturated rings. The number of hydrogen-bond acceptors (Lipinski definition) is 2. The Kier molecular flexibility index (Phi) is 3.66. The van der Waals surface area contributed by atoms with E-state index in [1.54, 1.807) is 11.3 Å². The van der Waals surface area contributed by atoms with E-state index in [4.69, 9.17) is 0 Å². The summed E-state index contributed by atoms with van der Waals surface area (Å²) in [5, 5.41) is 5.63. The molecule has 1 heterocycles. The van der Waals surface area contributed by atoms with E-state index >= 15 is 0 Å². The lowest BCUT2D eigenvalue weighted by molar-refractivity contribution is 0.906. The first kappa shape index (κ1) is 11.7. The van der Waals surface area contributed by atoms with Crippen molar-refractivity contribution in [1.29, 1.82) is 0 Å². The fraction of sp³-hybridized carbons (Fsp3) is 0.231. The lowest BCUT2D eigenvalue weighted by Crippen LogP contribution is -2.05. The molecule has 0 saturated heterocycles. The second-order valence-corrected chi connectivity index (χ2v) is 5.59. The summed E-state index contributed by atoms with van der Waals surface area (Å²) in [5.41, 5.74) is 2.41. The average molecular weight is 296 g/mol. The van der Waals surface area contributed by atoms with Crippen LogP contribution in [0.15, 0.2) is 40.2 Å². The molecule has 1 aromatic carbocycles. The smallest absolute Gasteiger partial charge is 0.0578 e. The number of hydrogen-bond donors (Lipinski definition) is 1. The van der Waals surface area contributed by atoms with E-state index in [-0.39, 0.29) is 0 Å². The van der Waals surface area contributed by atoms with Gasteiger partial charge in [-0.25, -0.2) is 0 Å². The number of thiophene rings is 1. The first-order chi connectivity index (χ1) is 7.68. The van der Waals surface area contributed by atoms with Crippen molar-refractivity contribution in [3.8, 4) is 0 Å². The second-order valence-electron chi connectivity index (χ2n) is 3.82. The topological polar surface area (TPSA) is 12.0 Å². The highest BCUT2D eigenvalue weighted by molar-refractivity contribution is 9.10. The Morgan fingerprint density at radius 1 is 1.25 bits per heavy atom. The molecule has 1 N–H and O–H groups in total. The summed E-state index contributed by atoms with van der Waals surface area (Å²) in [7, 11) is 0. The van der Waals surface area contributed by atoms with Gasteiger partial charge in [0, 0.05) is 15.0 Å². The highest BCUT2D eigenvalue weighted by Gasteiger charge is 2.08. The maximum absolute atomic E-state index is 3.61.